The minimum atomic E-state index is -0.577. The van der Waals surface area contributed by atoms with E-state index in [0.29, 0.717) is 15.9 Å². The number of carbonyl (C=O) groups excluding carboxylic acids is 1. The first-order valence-corrected chi connectivity index (χ1v) is 9.49. The number of carbonyl (C=O) groups is 1. The second kappa shape index (κ2) is 8.50. The van der Waals surface area contributed by atoms with Crippen LogP contribution in [-0.2, 0) is 4.79 Å². The van der Waals surface area contributed by atoms with Crippen molar-refractivity contribution in [3.8, 4) is 17.2 Å². The monoisotopic (exact) mass is 448 g/mol. The SMILES string of the molecule is O=C(CSc1nnc(-c2ccc(Cl)cc2)o1)Oc1c(Cl)cc(Cl)cc1Cl. The van der Waals surface area contributed by atoms with Crippen molar-refractivity contribution in [3.63, 3.8) is 0 Å². The van der Waals surface area contributed by atoms with Gasteiger partial charge in [0.15, 0.2) is 5.75 Å². The van der Waals surface area contributed by atoms with E-state index in [0.717, 1.165) is 17.3 Å². The van der Waals surface area contributed by atoms with E-state index >= 15 is 0 Å². The van der Waals surface area contributed by atoms with Gasteiger partial charge in [0, 0.05) is 15.6 Å². The molecule has 26 heavy (non-hydrogen) atoms. The Morgan fingerprint density at radius 2 is 1.65 bits per heavy atom. The van der Waals surface area contributed by atoms with Crippen LogP contribution in [0.4, 0.5) is 0 Å². The number of rotatable bonds is 5. The highest BCUT2D eigenvalue weighted by atomic mass is 35.5. The molecule has 0 amide bonds. The van der Waals surface area contributed by atoms with Crippen LogP contribution in [0.2, 0.25) is 20.1 Å². The Morgan fingerprint density at radius 3 is 2.31 bits per heavy atom. The van der Waals surface area contributed by atoms with E-state index in [4.69, 9.17) is 55.6 Å². The van der Waals surface area contributed by atoms with Crippen molar-refractivity contribution in [1.82, 2.24) is 10.2 Å². The van der Waals surface area contributed by atoms with E-state index in [1.807, 2.05) is 0 Å². The topological polar surface area (TPSA) is 65.2 Å². The lowest BCUT2D eigenvalue weighted by Crippen LogP contribution is -2.11. The van der Waals surface area contributed by atoms with Gasteiger partial charge in [0.2, 0.25) is 5.89 Å². The van der Waals surface area contributed by atoms with E-state index in [-0.39, 0.29) is 26.8 Å². The summed E-state index contributed by atoms with van der Waals surface area (Å²) in [6, 6.07) is 9.80. The fourth-order valence-corrected chi connectivity index (χ4v) is 3.42. The molecule has 134 valence electrons. The quantitative estimate of drug-likeness (QED) is 0.268. The molecule has 5 nitrogen and oxygen atoms in total. The molecule has 1 aromatic heterocycles. The molecule has 0 fully saturated rings. The van der Waals surface area contributed by atoms with Crippen molar-refractivity contribution in [3.05, 3.63) is 56.5 Å². The van der Waals surface area contributed by atoms with Crippen molar-refractivity contribution in [2.75, 3.05) is 5.75 Å². The first kappa shape index (κ1) is 19.3. The minimum absolute atomic E-state index is 0.0516. The maximum atomic E-state index is 12.0. The highest BCUT2D eigenvalue weighted by Crippen LogP contribution is 2.36. The van der Waals surface area contributed by atoms with Gasteiger partial charge in [-0.1, -0.05) is 58.2 Å². The van der Waals surface area contributed by atoms with Crippen molar-refractivity contribution in [2.45, 2.75) is 5.22 Å². The van der Waals surface area contributed by atoms with Crippen LogP contribution >= 0.6 is 58.2 Å². The second-order valence-electron chi connectivity index (χ2n) is 4.84. The zero-order valence-corrected chi connectivity index (χ0v) is 16.6. The lowest BCUT2D eigenvalue weighted by Gasteiger charge is -2.07. The molecule has 0 atom stereocenters. The Labute approximate surface area is 172 Å². The van der Waals surface area contributed by atoms with E-state index in [1.165, 1.54) is 12.1 Å². The third-order valence-corrected chi connectivity index (χ3v) is 4.81. The number of hydrogen-bond donors (Lipinski definition) is 0. The number of esters is 1. The van der Waals surface area contributed by atoms with Crippen LogP contribution < -0.4 is 4.74 Å². The summed E-state index contributed by atoms with van der Waals surface area (Å²) < 4.78 is 10.7. The van der Waals surface area contributed by atoms with Crippen LogP contribution in [0, 0.1) is 0 Å². The average Bonchev–Trinajstić information content (AvgIpc) is 3.06. The number of benzene rings is 2. The fourth-order valence-electron chi connectivity index (χ4n) is 1.87. The van der Waals surface area contributed by atoms with Crippen molar-refractivity contribution in [2.24, 2.45) is 0 Å². The van der Waals surface area contributed by atoms with Gasteiger partial charge in [0.1, 0.15) is 5.75 Å². The normalized spacial score (nSPS) is 10.8. The van der Waals surface area contributed by atoms with Gasteiger partial charge in [-0.15, -0.1) is 10.2 Å². The number of nitrogens with zero attached hydrogens (tertiary/aromatic N) is 2. The average molecular weight is 450 g/mol. The van der Waals surface area contributed by atoms with Crippen molar-refractivity contribution >= 4 is 64.1 Å². The molecule has 0 aliphatic carbocycles. The highest BCUT2D eigenvalue weighted by molar-refractivity contribution is 7.99. The molecule has 3 rings (SSSR count). The lowest BCUT2D eigenvalue weighted by molar-refractivity contribution is -0.131. The van der Waals surface area contributed by atoms with Crippen molar-refractivity contribution in [1.29, 1.82) is 0 Å². The van der Waals surface area contributed by atoms with Gasteiger partial charge in [-0.2, -0.15) is 0 Å². The molecule has 3 aromatic rings. The van der Waals surface area contributed by atoms with Gasteiger partial charge in [0.05, 0.1) is 10.0 Å². The molecule has 0 unspecified atom stereocenters. The standard InChI is InChI=1S/C16H8Cl4N2O3S/c17-9-3-1-8(2-4-9)15-21-22-16(25-15)26-7-13(23)24-14-11(19)5-10(18)6-12(14)20/h1-6H,7H2. The summed E-state index contributed by atoms with van der Waals surface area (Å²) in [5.41, 5.74) is 0.719. The lowest BCUT2D eigenvalue weighted by atomic mass is 10.2. The van der Waals surface area contributed by atoms with Crippen LogP contribution in [0.15, 0.2) is 46.0 Å². The summed E-state index contributed by atoms with van der Waals surface area (Å²) in [6.07, 6.45) is 0. The number of halogens is 4. The summed E-state index contributed by atoms with van der Waals surface area (Å²) >= 11 is 24.6. The number of aromatic nitrogens is 2. The molecular formula is C16H8Cl4N2O3S. The summed E-state index contributed by atoms with van der Waals surface area (Å²) in [4.78, 5) is 12.0. The van der Waals surface area contributed by atoms with Crippen LogP contribution in [0.5, 0.6) is 5.75 Å². The highest BCUT2D eigenvalue weighted by Gasteiger charge is 2.16. The third-order valence-electron chi connectivity index (χ3n) is 2.99. The molecule has 0 aliphatic heterocycles. The Balaban J connectivity index is 1.61. The molecule has 0 bridgehead atoms. The number of hydrogen-bond acceptors (Lipinski definition) is 6. The summed E-state index contributed by atoms with van der Waals surface area (Å²) in [5, 5.41) is 9.25. The number of thioether (sulfide) groups is 1. The van der Waals surface area contributed by atoms with Crippen molar-refractivity contribution < 1.29 is 13.9 Å². The van der Waals surface area contributed by atoms with Gasteiger partial charge in [0.25, 0.3) is 5.22 Å². The van der Waals surface area contributed by atoms with Gasteiger partial charge < -0.3 is 9.15 Å². The predicted molar refractivity (Wildman–Crippen MR) is 103 cm³/mol. The van der Waals surface area contributed by atoms with Crippen LogP contribution in [0.1, 0.15) is 0 Å². The molecule has 0 N–H and O–H groups in total. The number of ether oxygens (including phenoxy) is 1. The van der Waals surface area contributed by atoms with E-state index in [2.05, 4.69) is 10.2 Å². The van der Waals surface area contributed by atoms with Crippen LogP contribution in [0.3, 0.4) is 0 Å². The summed E-state index contributed by atoms with van der Waals surface area (Å²) in [6.45, 7) is 0. The largest absolute Gasteiger partial charge is 0.423 e. The smallest absolute Gasteiger partial charge is 0.321 e. The van der Waals surface area contributed by atoms with E-state index in [9.17, 15) is 4.79 Å². The first-order valence-electron chi connectivity index (χ1n) is 7.00. The summed E-state index contributed by atoms with van der Waals surface area (Å²) in [5.74, 6) is -0.276. The molecule has 0 saturated carbocycles. The van der Waals surface area contributed by atoms with Gasteiger partial charge in [-0.3, -0.25) is 4.79 Å². The molecular weight excluding hydrogens is 442 g/mol. The van der Waals surface area contributed by atoms with E-state index < -0.39 is 5.97 Å². The Morgan fingerprint density at radius 1 is 1.00 bits per heavy atom. The fraction of sp³-hybridized carbons (Fsp3) is 0.0625. The van der Waals surface area contributed by atoms with Gasteiger partial charge >= 0.3 is 5.97 Å². The molecule has 0 aliphatic rings. The molecule has 0 radical (unpaired) electrons. The second-order valence-corrected chi connectivity index (χ2v) is 7.46. The molecule has 2 aromatic carbocycles. The predicted octanol–water partition coefficient (Wildman–Crippen LogP) is 6.05. The first-order chi connectivity index (χ1) is 12.4. The van der Waals surface area contributed by atoms with Gasteiger partial charge in [-0.05, 0) is 36.4 Å². The maximum absolute atomic E-state index is 12.0. The Kier molecular flexibility index (Phi) is 6.32. The zero-order chi connectivity index (χ0) is 18.7. The van der Waals surface area contributed by atoms with Crippen LogP contribution in [-0.4, -0.2) is 21.9 Å². The molecule has 0 saturated heterocycles. The third kappa shape index (κ3) is 4.84. The van der Waals surface area contributed by atoms with E-state index in [1.54, 1.807) is 24.3 Å². The Hall–Kier alpha value is -1.44. The minimum Gasteiger partial charge on any atom is -0.423 e. The van der Waals surface area contributed by atoms with Crippen LogP contribution in [0.25, 0.3) is 11.5 Å². The van der Waals surface area contributed by atoms with Gasteiger partial charge in [-0.25, -0.2) is 0 Å². The zero-order valence-electron chi connectivity index (χ0n) is 12.7. The summed E-state index contributed by atoms with van der Waals surface area (Å²) in [7, 11) is 0. The maximum Gasteiger partial charge on any atom is 0.321 e. The molecule has 0 spiro atoms. The molecule has 1 heterocycles. The molecule has 10 heteroatoms. The Bertz CT molecular complexity index is 924.